The fourth-order valence-electron chi connectivity index (χ4n) is 1.95. The average Bonchev–Trinajstić information content (AvgIpc) is 2.76. The van der Waals surface area contributed by atoms with Crippen LogP contribution in [-0.2, 0) is 11.2 Å². The van der Waals surface area contributed by atoms with Gasteiger partial charge in [-0.3, -0.25) is 4.79 Å². The third kappa shape index (κ3) is 2.44. The first-order valence-electron chi connectivity index (χ1n) is 5.37. The van der Waals surface area contributed by atoms with Crippen LogP contribution in [0.5, 0.6) is 0 Å². The molecule has 86 valence electrons. The van der Waals surface area contributed by atoms with Crippen LogP contribution in [0.1, 0.15) is 18.4 Å². The Morgan fingerprint density at radius 1 is 1.44 bits per heavy atom. The van der Waals surface area contributed by atoms with E-state index in [1.807, 2.05) is 0 Å². The van der Waals surface area contributed by atoms with Gasteiger partial charge in [-0.2, -0.15) is 0 Å². The van der Waals surface area contributed by atoms with Crippen molar-refractivity contribution in [2.45, 2.75) is 25.3 Å². The molecule has 2 rings (SSSR count). The van der Waals surface area contributed by atoms with Gasteiger partial charge in [0.25, 0.3) is 0 Å². The van der Waals surface area contributed by atoms with Crippen molar-refractivity contribution in [3.05, 3.63) is 35.4 Å². The Hall–Kier alpha value is -1.29. The third-order valence-electron chi connectivity index (χ3n) is 2.82. The van der Waals surface area contributed by atoms with Crippen LogP contribution in [0.25, 0.3) is 0 Å². The first-order chi connectivity index (χ1) is 7.66. The average molecular weight is 225 g/mol. The lowest BCUT2D eigenvalue weighted by Gasteiger charge is -2.09. The van der Waals surface area contributed by atoms with Crippen molar-refractivity contribution < 1.29 is 13.6 Å². The van der Waals surface area contributed by atoms with Gasteiger partial charge in [0.05, 0.1) is 6.04 Å². The highest BCUT2D eigenvalue weighted by Gasteiger charge is 2.22. The largest absolute Gasteiger partial charge is 0.307 e. The number of halogens is 2. The lowest BCUT2D eigenvalue weighted by Crippen LogP contribution is -2.32. The Labute approximate surface area is 92.7 Å². The number of ketones is 1. The molecule has 1 N–H and O–H groups in total. The normalized spacial score (nSPS) is 20.0. The van der Waals surface area contributed by atoms with Crippen LogP contribution in [0.2, 0.25) is 0 Å². The monoisotopic (exact) mass is 225 g/mol. The minimum Gasteiger partial charge on any atom is -0.307 e. The van der Waals surface area contributed by atoms with E-state index in [1.54, 1.807) is 0 Å². The summed E-state index contributed by atoms with van der Waals surface area (Å²) in [6.07, 6.45) is 1.71. The topological polar surface area (TPSA) is 29.1 Å². The van der Waals surface area contributed by atoms with E-state index in [0.29, 0.717) is 0 Å². The van der Waals surface area contributed by atoms with E-state index in [2.05, 4.69) is 5.32 Å². The van der Waals surface area contributed by atoms with Crippen LogP contribution in [0.15, 0.2) is 18.2 Å². The van der Waals surface area contributed by atoms with Crippen molar-refractivity contribution >= 4 is 5.78 Å². The van der Waals surface area contributed by atoms with E-state index >= 15 is 0 Å². The Kier molecular flexibility index (Phi) is 3.29. The predicted octanol–water partition coefficient (Wildman–Crippen LogP) is 1.83. The van der Waals surface area contributed by atoms with E-state index in [1.165, 1.54) is 0 Å². The van der Waals surface area contributed by atoms with Crippen molar-refractivity contribution in [1.29, 1.82) is 0 Å². The van der Waals surface area contributed by atoms with Gasteiger partial charge >= 0.3 is 0 Å². The van der Waals surface area contributed by atoms with Crippen LogP contribution in [-0.4, -0.2) is 18.4 Å². The number of carbonyl (C=O) groups excluding carboxylic acids is 1. The first kappa shape index (κ1) is 11.2. The number of benzene rings is 1. The highest BCUT2D eigenvalue weighted by Crippen LogP contribution is 2.14. The quantitative estimate of drug-likeness (QED) is 0.850. The van der Waals surface area contributed by atoms with Crippen LogP contribution < -0.4 is 5.32 Å². The standard InChI is InChI=1S/C12H13F2NO/c13-9-3-4-10(14)8(6-9)7-12(16)11-2-1-5-15-11/h3-4,6,11,15H,1-2,5,7H2. The van der Waals surface area contributed by atoms with E-state index < -0.39 is 11.6 Å². The molecule has 1 aromatic carbocycles. The summed E-state index contributed by atoms with van der Waals surface area (Å²) >= 11 is 0. The SMILES string of the molecule is O=C(Cc1cc(F)ccc1F)C1CCCN1. The molecule has 1 aromatic rings. The van der Waals surface area contributed by atoms with Gasteiger partial charge in [0.15, 0.2) is 5.78 Å². The summed E-state index contributed by atoms with van der Waals surface area (Å²) in [4.78, 5) is 11.7. The van der Waals surface area contributed by atoms with Gasteiger partial charge in [0, 0.05) is 6.42 Å². The van der Waals surface area contributed by atoms with Crippen LogP contribution >= 0.6 is 0 Å². The number of hydrogen-bond donors (Lipinski definition) is 1. The smallest absolute Gasteiger partial charge is 0.154 e. The van der Waals surface area contributed by atoms with E-state index in [9.17, 15) is 13.6 Å². The van der Waals surface area contributed by atoms with Gasteiger partial charge in [-0.05, 0) is 43.1 Å². The summed E-state index contributed by atoms with van der Waals surface area (Å²) in [5.41, 5.74) is 0.138. The van der Waals surface area contributed by atoms with Crippen molar-refractivity contribution in [3.63, 3.8) is 0 Å². The molecule has 0 aromatic heterocycles. The van der Waals surface area contributed by atoms with Crippen LogP contribution in [0.3, 0.4) is 0 Å². The van der Waals surface area contributed by atoms with Crippen molar-refractivity contribution in [2.24, 2.45) is 0 Å². The van der Waals surface area contributed by atoms with Crippen molar-refractivity contribution in [2.75, 3.05) is 6.54 Å². The predicted molar refractivity (Wildman–Crippen MR) is 56.1 cm³/mol. The molecule has 0 radical (unpaired) electrons. The zero-order chi connectivity index (χ0) is 11.5. The minimum absolute atomic E-state index is 0.0404. The van der Waals surface area contributed by atoms with Gasteiger partial charge in [0.2, 0.25) is 0 Å². The zero-order valence-electron chi connectivity index (χ0n) is 8.80. The van der Waals surface area contributed by atoms with Gasteiger partial charge < -0.3 is 5.32 Å². The molecule has 1 atom stereocenters. The number of hydrogen-bond acceptors (Lipinski definition) is 2. The fourth-order valence-corrected chi connectivity index (χ4v) is 1.95. The highest BCUT2D eigenvalue weighted by atomic mass is 19.1. The van der Waals surface area contributed by atoms with E-state index in [4.69, 9.17) is 0 Å². The summed E-state index contributed by atoms with van der Waals surface area (Å²) in [5.74, 6) is -1.10. The van der Waals surface area contributed by atoms with Gasteiger partial charge in [0.1, 0.15) is 11.6 Å². The summed E-state index contributed by atoms with van der Waals surface area (Å²) in [6, 6.07) is 3.00. The molecule has 0 saturated carbocycles. The molecule has 16 heavy (non-hydrogen) atoms. The maximum Gasteiger partial charge on any atom is 0.154 e. The number of nitrogens with one attached hydrogen (secondary N) is 1. The lowest BCUT2D eigenvalue weighted by atomic mass is 10.0. The fraction of sp³-hybridized carbons (Fsp3) is 0.417. The number of Topliss-reactive ketones (excluding diaryl/α,β-unsaturated/α-hetero) is 1. The molecular formula is C12H13F2NO. The Morgan fingerprint density at radius 3 is 2.94 bits per heavy atom. The second kappa shape index (κ2) is 4.70. The minimum atomic E-state index is -0.521. The molecule has 0 spiro atoms. The van der Waals surface area contributed by atoms with Crippen LogP contribution in [0.4, 0.5) is 8.78 Å². The maximum atomic E-state index is 13.3. The molecule has 1 fully saturated rings. The van der Waals surface area contributed by atoms with Crippen molar-refractivity contribution in [1.82, 2.24) is 5.32 Å². The maximum absolute atomic E-state index is 13.3. The Bertz CT molecular complexity index is 400. The molecule has 1 unspecified atom stereocenters. The first-order valence-corrected chi connectivity index (χ1v) is 5.37. The summed E-state index contributed by atoms with van der Waals surface area (Å²) in [7, 11) is 0. The van der Waals surface area contributed by atoms with Crippen LogP contribution in [0, 0.1) is 11.6 Å². The molecule has 1 aliphatic heterocycles. The van der Waals surface area contributed by atoms with E-state index in [-0.39, 0.29) is 23.8 Å². The van der Waals surface area contributed by atoms with Gasteiger partial charge in [-0.1, -0.05) is 0 Å². The van der Waals surface area contributed by atoms with Crippen molar-refractivity contribution in [3.8, 4) is 0 Å². The van der Waals surface area contributed by atoms with Gasteiger partial charge in [-0.15, -0.1) is 0 Å². The second-order valence-corrected chi connectivity index (χ2v) is 4.03. The molecular weight excluding hydrogens is 212 g/mol. The summed E-state index contributed by atoms with van der Waals surface area (Å²) in [6.45, 7) is 0.821. The lowest BCUT2D eigenvalue weighted by molar-refractivity contribution is -0.120. The highest BCUT2D eigenvalue weighted by molar-refractivity contribution is 5.86. The molecule has 0 amide bonds. The third-order valence-corrected chi connectivity index (χ3v) is 2.82. The Morgan fingerprint density at radius 2 is 2.25 bits per heavy atom. The molecule has 2 nitrogen and oxygen atoms in total. The van der Waals surface area contributed by atoms with Gasteiger partial charge in [-0.25, -0.2) is 8.78 Å². The summed E-state index contributed by atoms with van der Waals surface area (Å²) in [5, 5.41) is 3.04. The molecule has 1 saturated heterocycles. The zero-order valence-corrected chi connectivity index (χ0v) is 8.80. The molecule has 0 aliphatic carbocycles. The number of rotatable bonds is 3. The molecule has 0 bridgehead atoms. The Balaban J connectivity index is 2.07. The molecule has 1 heterocycles. The molecule has 1 aliphatic rings. The number of carbonyl (C=O) groups is 1. The van der Waals surface area contributed by atoms with E-state index in [0.717, 1.165) is 37.6 Å². The summed E-state index contributed by atoms with van der Waals surface area (Å²) < 4.78 is 26.2. The molecule has 4 heteroatoms. The second-order valence-electron chi connectivity index (χ2n) is 4.03.